The third-order valence-electron chi connectivity index (χ3n) is 5.03. The molecule has 1 heterocycles. The molecule has 18 heavy (non-hydrogen) atoms. The Morgan fingerprint density at radius 3 is 3.22 bits per heavy atom. The Morgan fingerprint density at radius 2 is 2.44 bits per heavy atom. The monoisotopic (exact) mass is 306 g/mol. The molecule has 0 aromatic rings. The van der Waals surface area contributed by atoms with Gasteiger partial charge in [0.05, 0.1) is 6.10 Å². The third-order valence-corrected chi connectivity index (χ3v) is 5.79. The quantitative estimate of drug-likeness (QED) is 0.580. The van der Waals surface area contributed by atoms with E-state index in [1.807, 2.05) is 6.08 Å². The van der Waals surface area contributed by atoms with E-state index >= 15 is 0 Å². The van der Waals surface area contributed by atoms with Crippen LogP contribution in [-0.2, 0) is 9.53 Å². The van der Waals surface area contributed by atoms with Crippen molar-refractivity contribution in [3.63, 3.8) is 0 Å². The lowest BCUT2D eigenvalue weighted by Crippen LogP contribution is -2.55. The maximum Gasteiger partial charge on any atom is 0.175 e. The molecule has 1 spiro atoms. The lowest BCUT2D eigenvalue weighted by Gasteiger charge is -2.46. The fourth-order valence-electron chi connectivity index (χ4n) is 4.28. The average Bonchev–Trinajstić information content (AvgIpc) is 2.82. The van der Waals surface area contributed by atoms with Gasteiger partial charge in [-0.25, -0.2) is 0 Å². The summed E-state index contributed by atoms with van der Waals surface area (Å²) in [4.78, 5) is 12.7. The molecule has 3 heteroatoms. The first kappa shape index (κ1) is 11.2. The summed E-state index contributed by atoms with van der Waals surface area (Å²) in [6, 6.07) is 0. The SMILES string of the molecule is C=CC[C@H]1O[C@@]12C(=O)[C@H]1C=C(Br)[C@@H]2[C@@H]2CC=C[C@@H]21. The molecule has 0 N–H and O–H groups in total. The van der Waals surface area contributed by atoms with Gasteiger partial charge in [-0.2, -0.15) is 0 Å². The number of hydrogen-bond donors (Lipinski definition) is 0. The van der Waals surface area contributed by atoms with E-state index in [9.17, 15) is 4.79 Å². The standard InChI is InChI=1S/C15H15BrO2/c1-2-4-12-15(18-12)13-9-6-3-5-8(9)10(14(15)17)7-11(13)16/h2-3,5,7-10,12-13H,1,4,6H2/t8-,9+,10-,12+,13-,15-/m0/s1. The second kappa shape index (κ2) is 3.45. The predicted octanol–water partition coefficient (Wildman–Crippen LogP) is 3.00. The molecule has 0 radical (unpaired) electrons. The van der Waals surface area contributed by atoms with E-state index < -0.39 is 5.60 Å². The number of ketones is 1. The van der Waals surface area contributed by atoms with Crippen molar-refractivity contribution in [1.82, 2.24) is 0 Å². The summed E-state index contributed by atoms with van der Waals surface area (Å²) in [5.41, 5.74) is -0.528. The Kier molecular flexibility index (Phi) is 2.15. The fourth-order valence-corrected chi connectivity index (χ4v) is 5.25. The summed E-state index contributed by atoms with van der Waals surface area (Å²) in [6.07, 6.45) is 10.3. The van der Waals surface area contributed by atoms with Crippen molar-refractivity contribution in [3.05, 3.63) is 35.4 Å². The molecule has 4 aliphatic carbocycles. The second-order valence-corrected chi connectivity index (χ2v) is 6.66. The number of rotatable bonds is 2. The van der Waals surface area contributed by atoms with Crippen LogP contribution in [0.15, 0.2) is 35.4 Å². The predicted molar refractivity (Wildman–Crippen MR) is 72.2 cm³/mol. The van der Waals surface area contributed by atoms with Crippen LogP contribution < -0.4 is 0 Å². The first-order chi connectivity index (χ1) is 8.70. The van der Waals surface area contributed by atoms with Crippen LogP contribution >= 0.6 is 15.9 Å². The molecule has 0 unspecified atom stereocenters. The lowest BCUT2D eigenvalue weighted by molar-refractivity contribution is -0.135. The molecule has 0 aromatic carbocycles. The molecule has 5 aliphatic rings. The van der Waals surface area contributed by atoms with Crippen molar-refractivity contribution in [1.29, 1.82) is 0 Å². The molecule has 1 saturated carbocycles. The van der Waals surface area contributed by atoms with Crippen LogP contribution in [0.2, 0.25) is 0 Å². The Bertz CT molecular complexity index is 507. The third kappa shape index (κ3) is 1.11. The van der Waals surface area contributed by atoms with Gasteiger partial charge in [-0.1, -0.05) is 40.2 Å². The highest BCUT2D eigenvalue weighted by Gasteiger charge is 2.74. The number of allylic oxidation sites excluding steroid dienone is 3. The number of ether oxygens (including phenoxy) is 1. The number of epoxide rings is 1. The second-order valence-electron chi connectivity index (χ2n) is 5.75. The highest BCUT2D eigenvalue weighted by Crippen LogP contribution is 2.64. The number of halogens is 1. The fraction of sp³-hybridized carbons (Fsp3) is 0.533. The van der Waals surface area contributed by atoms with Gasteiger partial charge >= 0.3 is 0 Å². The molecule has 6 atom stereocenters. The minimum atomic E-state index is -0.528. The zero-order chi connectivity index (χ0) is 12.5. The van der Waals surface area contributed by atoms with Gasteiger partial charge in [0, 0.05) is 11.8 Å². The van der Waals surface area contributed by atoms with E-state index in [0.717, 1.165) is 12.8 Å². The average molecular weight is 307 g/mol. The molecule has 94 valence electrons. The molecule has 0 aromatic heterocycles. The largest absolute Gasteiger partial charge is 0.357 e. The number of carbonyl (C=O) groups excluding carboxylic acids is 1. The highest BCUT2D eigenvalue weighted by molar-refractivity contribution is 9.11. The molecule has 2 nitrogen and oxygen atoms in total. The maximum absolute atomic E-state index is 12.7. The van der Waals surface area contributed by atoms with E-state index in [0.29, 0.717) is 17.6 Å². The van der Waals surface area contributed by atoms with Gasteiger partial charge in [0.1, 0.15) is 0 Å². The van der Waals surface area contributed by atoms with Crippen LogP contribution in [0.3, 0.4) is 0 Å². The van der Waals surface area contributed by atoms with Crippen LogP contribution in [-0.4, -0.2) is 17.5 Å². The van der Waals surface area contributed by atoms with Gasteiger partial charge in [-0.3, -0.25) is 4.79 Å². The summed E-state index contributed by atoms with van der Waals surface area (Å²) in [5.74, 6) is 1.49. The van der Waals surface area contributed by atoms with Gasteiger partial charge in [0.15, 0.2) is 11.4 Å². The Morgan fingerprint density at radius 1 is 1.61 bits per heavy atom. The minimum Gasteiger partial charge on any atom is -0.357 e. The molecule has 5 rings (SSSR count). The summed E-state index contributed by atoms with van der Waals surface area (Å²) < 4.78 is 7.08. The van der Waals surface area contributed by atoms with Crippen molar-refractivity contribution in [2.24, 2.45) is 23.7 Å². The van der Waals surface area contributed by atoms with E-state index in [2.05, 4.69) is 40.7 Å². The molecular formula is C15H15BrO2. The van der Waals surface area contributed by atoms with Gasteiger partial charge in [0.2, 0.25) is 0 Å². The number of carbonyl (C=O) groups is 1. The van der Waals surface area contributed by atoms with Gasteiger partial charge in [-0.05, 0) is 29.2 Å². The molecule has 0 amide bonds. The number of Topliss-reactive ketones (excluding diaryl/α,β-unsaturated/α-hetero) is 1. The molecular weight excluding hydrogens is 292 g/mol. The van der Waals surface area contributed by atoms with Crippen molar-refractivity contribution < 1.29 is 9.53 Å². The van der Waals surface area contributed by atoms with E-state index in [1.54, 1.807) is 0 Å². The van der Waals surface area contributed by atoms with Gasteiger partial charge in [-0.15, -0.1) is 6.58 Å². The summed E-state index contributed by atoms with van der Waals surface area (Å²) in [7, 11) is 0. The topological polar surface area (TPSA) is 29.6 Å². The maximum atomic E-state index is 12.7. The van der Waals surface area contributed by atoms with Crippen molar-refractivity contribution in [2.45, 2.75) is 24.5 Å². The highest BCUT2D eigenvalue weighted by atomic mass is 79.9. The first-order valence-corrected chi connectivity index (χ1v) is 7.36. The van der Waals surface area contributed by atoms with Crippen molar-refractivity contribution >= 4 is 21.7 Å². The first-order valence-electron chi connectivity index (χ1n) is 6.57. The summed E-state index contributed by atoms with van der Waals surface area (Å²) in [6.45, 7) is 3.76. The lowest BCUT2D eigenvalue weighted by atomic mass is 9.57. The molecule has 1 saturated heterocycles. The molecule has 2 bridgehead atoms. The minimum absolute atomic E-state index is 0.0166. The molecule has 1 aliphatic heterocycles. The smallest absolute Gasteiger partial charge is 0.175 e. The van der Waals surface area contributed by atoms with Gasteiger partial charge in [0.25, 0.3) is 0 Å². The molecule has 2 fully saturated rings. The number of hydrogen-bond acceptors (Lipinski definition) is 2. The zero-order valence-electron chi connectivity index (χ0n) is 10.0. The van der Waals surface area contributed by atoms with E-state index in [4.69, 9.17) is 4.74 Å². The van der Waals surface area contributed by atoms with Crippen molar-refractivity contribution in [3.8, 4) is 0 Å². The zero-order valence-corrected chi connectivity index (χ0v) is 11.6. The summed E-state index contributed by atoms with van der Waals surface area (Å²) >= 11 is 3.68. The van der Waals surface area contributed by atoms with Crippen LogP contribution in [0.1, 0.15) is 12.8 Å². The Hall–Kier alpha value is -0.670. The van der Waals surface area contributed by atoms with Crippen LogP contribution in [0.4, 0.5) is 0 Å². The van der Waals surface area contributed by atoms with Crippen LogP contribution in [0.5, 0.6) is 0 Å². The van der Waals surface area contributed by atoms with Gasteiger partial charge < -0.3 is 4.74 Å². The summed E-state index contributed by atoms with van der Waals surface area (Å²) in [5, 5.41) is 0. The van der Waals surface area contributed by atoms with Crippen molar-refractivity contribution in [2.75, 3.05) is 0 Å². The van der Waals surface area contributed by atoms with E-state index in [-0.39, 0.29) is 17.9 Å². The van der Waals surface area contributed by atoms with Crippen LogP contribution in [0, 0.1) is 23.7 Å². The van der Waals surface area contributed by atoms with E-state index in [1.165, 1.54) is 4.48 Å². The van der Waals surface area contributed by atoms with Crippen LogP contribution in [0.25, 0.3) is 0 Å². The normalized spacial score (nSPS) is 51.5. The Balaban J connectivity index is 1.79. The Labute approximate surface area is 115 Å².